The van der Waals surface area contributed by atoms with Crippen LogP contribution >= 0.6 is 0 Å². The third-order valence-electron chi connectivity index (χ3n) is 3.39. The molecule has 0 aliphatic rings. The van der Waals surface area contributed by atoms with Gasteiger partial charge in [0, 0.05) is 12.5 Å². The van der Waals surface area contributed by atoms with Crippen LogP contribution in [0.1, 0.15) is 46.0 Å². The zero-order valence-corrected chi connectivity index (χ0v) is 14.6. The van der Waals surface area contributed by atoms with Crippen molar-refractivity contribution in [3.8, 4) is 0 Å². The van der Waals surface area contributed by atoms with E-state index in [1.165, 1.54) is 0 Å². The zero-order valence-electron chi connectivity index (χ0n) is 14.6. The van der Waals surface area contributed by atoms with Gasteiger partial charge in [-0.25, -0.2) is 14.4 Å². The molecule has 0 aromatic rings. The van der Waals surface area contributed by atoms with Gasteiger partial charge in [0.1, 0.15) is 12.1 Å². The molecular weight excluding hydrogens is 334 g/mol. The summed E-state index contributed by atoms with van der Waals surface area (Å²) in [6.45, 7) is 4.74. The van der Waals surface area contributed by atoms with Crippen molar-refractivity contribution in [2.45, 2.75) is 70.4 Å². The number of urea groups is 1. The van der Waals surface area contributed by atoms with Gasteiger partial charge in [-0.3, -0.25) is 0 Å². The molecule has 7 N–H and O–H groups in total. The van der Waals surface area contributed by atoms with Crippen LogP contribution in [0.2, 0.25) is 0 Å². The predicted octanol–water partition coefficient (Wildman–Crippen LogP) is -0.549. The van der Waals surface area contributed by atoms with Gasteiger partial charge >= 0.3 is 18.0 Å². The molecule has 0 bridgehead atoms. The molecule has 0 rings (SSSR count). The standard InChI is InChI=1S/C15H29N3O7/c1-9(2)16-8-4-3-5-10(13(21)22)17-15(25)18-11(14(23)24)6-7-12(19)20/h9-12,16,19-20H,3-8H2,1-2H3,(H,21,22)(H,23,24)(H2,17,18,25). The summed E-state index contributed by atoms with van der Waals surface area (Å²) in [6, 6.07) is -3.06. The first-order valence-electron chi connectivity index (χ1n) is 8.25. The highest BCUT2D eigenvalue weighted by molar-refractivity contribution is 5.86. The average molecular weight is 363 g/mol. The fourth-order valence-corrected chi connectivity index (χ4v) is 2.05. The van der Waals surface area contributed by atoms with E-state index in [0.29, 0.717) is 12.5 Å². The molecule has 0 fully saturated rings. The van der Waals surface area contributed by atoms with Crippen LogP contribution in [-0.4, -0.2) is 69.4 Å². The van der Waals surface area contributed by atoms with E-state index in [-0.39, 0.29) is 19.3 Å². The number of carbonyl (C=O) groups excluding carboxylic acids is 1. The Morgan fingerprint density at radius 1 is 0.840 bits per heavy atom. The van der Waals surface area contributed by atoms with Crippen molar-refractivity contribution in [1.29, 1.82) is 0 Å². The maximum atomic E-state index is 11.8. The number of carboxylic acid groups (broad SMARTS) is 2. The molecule has 0 spiro atoms. The second-order valence-electron chi connectivity index (χ2n) is 6.06. The molecule has 10 heteroatoms. The topological polar surface area (TPSA) is 168 Å². The highest BCUT2D eigenvalue weighted by Gasteiger charge is 2.24. The van der Waals surface area contributed by atoms with Gasteiger partial charge in [0.15, 0.2) is 6.29 Å². The van der Waals surface area contributed by atoms with Crippen LogP contribution in [0, 0.1) is 0 Å². The minimum atomic E-state index is -1.68. The molecule has 0 saturated heterocycles. The molecule has 0 heterocycles. The third-order valence-corrected chi connectivity index (χ3v) is 3.39. The van der Waals surface area contributed by atoms with Crippen molar-refractivity contribution in [2.75, 3.05) is 6.54 Å². The van der Waals surface area contributed by atoms with E-state index in [1.54, 1.807) is 0 Å². The van der Waals surface area contributed by atoms with Crippen molar-refractivity contribution in [1.82, 2.24) is 16.0 Å². The lowest BCUT2D eigenvalue weighted by molar-refractivity contribution is -0.140. The van der Waals surface area contributed by atoms with Gasteiger partial charge in [-0.05, 0) is 32.2 Å². The van der Waals surface area contributed by atoms with Gasteiger partial charge in [-0.2, -0.15) is 0 Å². The number of aliphatic carboxylic acids is 2. The summed E-state index contributed by atoms with van der Waals surface area (Å²) in [6.07, 6.45) is -0.567. The van der Waals surface area contributed by atoms with Gasteiger partial charge in [-0.15, -0.1) is 0 Å². The van der Waals surface area contributed by atoms with E-state index in [0.717, 1.165) is 13.0 Å². The van der Waals surface area contributed by atoms with E-state index < -0.39 is 36.3 Å². The zero-order chi connectivity index (χ0) is 19.4. The first kappa shape index (κ1) is 23.1. The Morgan fingerprint density at radius 3 is 1.80 bits per heavy atom. The summed E-state index contributed by atoms with van der Waals surface area (Å²) >= 11 is 0. The van der Waals surface area contributed by atoms with E-state index >= 15 is 0 Å². The third kappa shape index (κ3) is 12.1. The molecule has 0 aliphatic heterocycles. The van der Waals surface area contributed by atoms with Gasteiger partial charge in [0.2, 0.25) is 0 Å². The SMILES string of the molecule is CC(C)NCCCCC(NC(=O)NC(CCC(O)O)C(=O)O)C(=O)O. The first-order valence-corrected chi connectivity index (χ1v) is 8.25. The molecule has 0 aromatic carbocycles. The summed E-state index contributed by atoms with van der Waals surface area (Å²) < 4.78 is 0. The minimum absolute atomic E-state index is 0.195. The molecule has 10 nitrogen and oxygen atoms in total. The van der Waals surface area contributed by atoms with Crippen molar-refractivity contribution in [3.63, 3.8) is 0 Å². The van der Waals surface area contributed by atoms with Crippen LogP contribution in [0.3, 0.4) is 0 Å². The van der Waals surface area contributed by atoms with Crippen LogP contribution in [0.4, 0.5) is 4.79 Å². The first-order chi connectivity index (χ1) is 11.6. The number of hydrogen-bond acceptors (Lipinski definition) is 6. The fraction of sp³-hybridized carbons (Fsp3) is 0.800. The number of nitrogens with one attached hydrogen (secondary N) is 3. The predicted molar refractivity (Wildman–Crippen MR) is 89.0 cm³/mol. The molecule has 2 amide bonds. The fourth-order valence-electron chi connectivity index (χ4n) is 2.05. The van der Waals surface area contributed by atoms with E-state index in [1.807, 2.05) is 13.8 Å². The molecule has 2 atom stereocenters. The lowest BCUT2D eigenvalue weighted by Gasteiger charge is -2.19. The van der Waals surface area contributed by atoms with Crippen molar-refractivity contribution >= 4 is 18.0 Å². The molecule has 146 valence electrons. The number of hydrogen-bond donors (Lipinski definition) is 7. The Balaban J connectivity index is 4.37. The quantitative estimate of drug-likeness (QED) is 0.169. The van der Waals surface area contributed by atoms with Crippen molar-refractivity contribution < 1.29 is 34.8 Å². The summed E-state index contributed by atoms with van der Waals surface area (Å²) in [5, 5.41) is 43.2. The molecule has 0 radical (unpaired) electrons. The van der Waals surface area contributed by atoms with E-state index in [2.05, 4.69) is 16.0 Å². The highest BCUT2D eigenvalue weighted by Crippen LogP contribution is 2.03. The van der Waals surface area contributed by atoms with Gasteiger partial charge in [-0.1, -0.05) is 13.8 Å². The van der Waals surface area contributed by atoms with E-state index in [4.69, 9.17) is 20.4 Å². The molecule has 0 aromatic heterocycles. The van der Waals surface area contributed by atoms with Crippen molar-refractivity contribution in [2.24, 2.45) is 0 Å². The van der Waals surface area contributed by atoms with Gasteiger partial charge < -0.3 is 36.4 Å². The van der Waals surface area contributed by atoms with Crippen LogP contribution in [-0.2, 0) is 9.59 Å². The highest BCUT2D eigenvalue weighted by atomic mass is 16.5. The number of aliphatic hydroxyl groups is 2. The minimum Gasteiger partial charge on any atom is -0.480 e. The average Bonchev–Trinajstić information content (AvgIpc) is 2.48. The van der Waals surface area contributed by atoms with Gasteiger partial charge in [0.25, 0.3) is 0 Å². The molecule has 25 heavy (non-hydrogen) atoms. The Hall–Kier alpha value is -1.91. The molecule has 0 saturated carbocycles. The van der Waals surface area contributed by atoms with Crippen molar-refractivity contribution in [3.05, 3.63) is 0 Å². The molecular formula is C15H29N3O7. The largest absolute Gasteiger partial charge is 0.480 e. The number of carbonyl (C=O) groups is 3. The molecule has 0 aliphatic carbocycles. The normalized spacial score (nSPS) is 13.5. The molecule has 2 unspecified atom stereocenters. The number of carboxylic acids is 2. The Kier molecular flexibility index (Phi) is 11.5. The summed E-state index contributed by atoms with van der Waals surface area (Å²) in [5.41, 5.74) is 0. The smallest absolute Gasteiger partial charge is 0.326 e. The van der Waals surface area contributed by atoms with Crippen LogP contribution in [0.25, 0.3) is 0 Å². The van der Waals surface area contributed by atoms with Gasteiger partial charge in [0.05, 0.1) is 0 Å². The monoisotopic (exact) mass is 363 g/mol. The Bertz CT molecular complexity index is 429. The lowest BCUT2D eigenvalue weighted by atomic mass is 10.1. The van der Waals surface area contributed by atoms with Crippen LogP contribution in [0.5, 0.6) is 0 Å². The number of aliphatic hydroxyl groups excluding tert-OH is 1. The van der Waals surface area contributed by atoms with Crippen LogP contribution in [0.15, 0.2) is 0 Å². The number of unbranched alkanes of at least 4 members (excludes halogenated alkanes) is 1. The lowest BCUT2D eigenvalue weighted by Crippen LogP contribution is -2.51. The number of rotatable bonds is 13. The summed E-state index contributed by atoms with van der Waals surface area (Å²) in [5.74, 6) is -2.55. The maximum absolute atomic E-state index is 11.8. The Labute approximate surface area is 146 Å². The van der Waals surface area contributed by atoms with Crippen LogP contribution < -0.4 is 16.0 Å². The Morgan fingerprint density at radius 2 is 1.36 bits per heavy atom. The van der Waals surface area contributed by atoms with E-state index in [9.17, 15) is 14.4 Å². The second-order valence-corrected chi connectivity index (χ2v) is 6.06. The second kappa shape index (κ2) is 12.5. The number of amides is 2. The maximum Gasteiger partial charge on any atom is 0.326 e. The summed E-state index contributed by atoms with van der Waals surface area (Å²) in [7, 11) is 0. The summed E-state index contributed by atoms with van der Waals surface area (Å²) in [4.78, 5) is 34.0.